The van der Waals surface area contributed by atoms with Crippen LogP contribution in [0.25, 0.3) is 0 Å². The topological polar surface area (TPSA) is 52.3 Å². The summed E-state index contributed by atoms with van der Waals surface area (Å²) < 4.78 is 0. The van der Waals surface area contributed by atoms with Crippen molar-refractivity contribution in [2.45, 2.75) is 25.2 Å². The van der Waals surface area contributed by atoms with Gasteiger partial charge in [0.05, 0.1) is 0 Å². The average molecular weight is 269 g/mol. The van der Waals surface area contributed by atoms with Crippen LogP contribution in [-0.2, 0) is 15.0 Å². The van der Waals surface area contributed by atoms with Gasteiger partial charge in [-0.05, 0) is 17.5 Å². The zero-order valence-electron chi connectivity index (χ0n) is 11.6. The highest BCUT2D eigenvalue weighted by molar-refractivity contribution is 5.87. The van der Waals surface area contributed by atoms with E-state index in [-0.39, 0.29) is 0 Å². The molecule has 0 fully saturated rings. The van der Waals surface area contributed by atoms with Crippen LogP contribution in [0.1, 0.15) is 30.9 Å². The summed E-state index contributed by atoms with van der Waals surface area (Å²) in [6, 6.07) is 19.3. The molecule has 0 saturated heterocycles. The van der Waals surface area contributed by atoms with Gasteiger partial charge in [-0.15, -0.1) is 0 Å². The van der Waals surface area contributed by atoms with Gasteiger partial charge < -0.3 is 4.84 Å². The summed E-state index contributed by atoms with van der Waals surface area (Å²) in [5.74, 6) is 4.79. The smallest absolute Gasteiger partial charge is 0.339 e. The zero-order chi connectivity index (χ0) is 14.4. The summed E-state index contributed by atoms with van der Waals surface area (Å²) in [5.41, 5.74) is 0.971. The van der Waals surface area contributed by atoms with Gasteiger partial charge in [0.1, 0.15) is 5.41 Å². The van der Waals surface area contributed by atoms with Gasteiger partial charge >= 0.3 is 5.97 Å². The molecule has 3 heteroatoms. The first-order valence-electron chi connectivity index (χ1n) is 6.78. The Morgan fingerprint density at radius 2 is 1.45 bits per heavy atom. The Morgan fingerprint density at radius 3 is 1.80 bits per heavy atom. The molecule has 0 aliphatic heterocycles. The van der Waals surface area contributed by atoms with Crippen molar-refractivity contribution in [1.29, 1.82) is 0 Å². The van der Waals surface area contributed by atoms with E-state index in [1.807, 2.05) is 67.6 Å². The molecule has 0 saturated carbocycles. The molecule has 3 nitrogen and oxygen atoms in total. The van der Waals surface area contributed by atoms with Crippen LogP contribution in [0.2, 0.25) is 0 Å². The van der Waals surface area contributed by atoms with E-state index in [9.17, 15) is 4.79 Å². The van der Waals surface area contributed by atoms with Crippen molar-refractivity contribution in [2.24, 2.45) is 5.90 Å². The molecular formula is C17H19NO2. The minimum absolute atomic E-state index is 0.420. The molecule has 0 unspecified atom stereocenters. The van der Waals surface area contributed by atoms with Gasteiger partial charge in [0.25, 0.3) is 0 Å². The second kappa shape index (κ2) is 6.35. The van der Waals surface area contributed by atoms with Crippen molar-refractivity contribution in [3.63, 3.8) is 0 Å². The van der Waals surface area contributed by atoms with Gasteiger partial charge in [-0.3, -0.25) is 0 Å². The van der Waals surface area contributed by atoms with Crippen molar-refractivity contribution >= 4 is 5.97 Å². The molecular weight excluding hydrogens is 250 g/mol. The summed E-state index contributed by atoms with van der Waals surface area (Å²) >= 11 is 0. The van der Waals surface area contributed by atoms with Crippen molar-refractivity contribution < 1.29 is 9.63 Å². The predicted octanol–water partition coefficient (Wildman–Crippen LogP) is 3.19. The fourth-order valence-corrected chi connectivity index (χ4v) is 2.71. The highest BCUT2D eigenvalue weighted by Gasteiger charge is 2.42. The van der Waals surface area contributed by atoms with E-state index in [4.69, 9.17) is 5.90 Å². The lowest BCUT2D eigenvalue weighted by Gasteiger charge is -2.31. The molecule has 2 aromatic carbocycles. The van der Waals surface area contributed by atoms with Crippen LogP contribution in [0.3, 0.4) is 0 Å². The van der Waals surface area contributed by atoms with Crippen LogP contribution >= 0.6 is 0 Å². The number of nitrogens with two attached hydrogens (primary N) is 1. The maximum atomic E-state index is 12.5. The van der Waals surface area contributed by atoms with Crippen molar-refractivity contribution in [3.05, 3.63) is 71.8 Å². The standard InChI is InChI=1S/C17H19NO2/c1-2-13-17(16(19)20-18,14-9-5-3-6-10-14)15-11-7-4-8-12-15/h3-12H,2,13,18H2,1H3. The van der Waals surface area contributed by atoms with Crippen LogP contribution in [-0.4, -0.2) is 5.97 Å². The van der Waals surface area contributed by atoms with Crippen LogP contribution in [0, 0.1) is 0 Å². The summed E-state index contributed by atoms with van der Waals surface area (Å²) in [5, 5.41) is 0. The maximum Gasteiger partial charge on any atom is 0.339 e. The fraction of sp³-hybridized carbons (Fsp3) is 0.235. The third-order valence-corrected chi connectivity index (χ3v) is 3.61. The van der Waals surface area contributed by atoms with Crippen LogP contribution in [0.5, 0.6) is 0 Å². The monoisotopic (exact) mass is 269 g/mol. The van der Waals surface area contributed by atoms with Gasteiger partial charge in [0.15, 0.2) is 0 Å². The first-order valence-corrected chi connectivity index (χ1v) is 6.78. The lowest BCUT2D eigenvalue weighted by atomic mass is 9.71. The van der Waals surface area contributed by atoms with Gasteiger partial charge in [-0.1, -0.05) is 74.0 Å². The first kappa shape index (κ1) is 14.3. The molecule has 0 atom stereocenters. The lowest BCUT2D eigenvalue weighted by molar-refractivity contribution is -0.149. The third-order valence-electron chi connectivity index (χ3n) is 3.61. The van der Waals surface area contributed by atoms with E-state index in [2.05, 4.69) is 4.84 Å². The molecule has 2 rings (SSSR count). The second-order valence-electron chi connectivity index (χ2n) is 4.79. The van der Waals surface area contributed by atoms with E-state index in [0.717, 1.165) is 17.5 Å². The number of rotatable bonds is 5. The number of carbonyl (C=O) groups excluding carboxylic acids is 1. The Kier molecular flexibility index (Phi) is 4.53. The molecule has 104 valence electrons. The quantitative estimate of drug-likeness (QED) is 0.848. The predicted molar refractivity (Wildman–Crippen MR) is 78.9 cm³/mol. The van der Waals surface area contributed by atoms with Gasteiger partial charge in [-0.2, -0.15) is 5.90 Å². The molecule has 0 radical (unpaired) electrons. The van der Waals surface area contributed by atoms with Crippen LogP contribution in [0.15, 0.2) is 60.7 Å². The molecule has 2 N–H and O–H groups in total. The van der Waals surface area contributed by atoms with Gasteiger partial charge in [0, 0.05) is 0 Å². The number of carbonyl (C=O) groups is 1. The number of hydrogen-bond acceptors (Lipinski definition) is 3. The number of benzene rings is 2. The average Bonchev–Trinajstić information content (AvgIpc) is 2.53. The van der Waals surface area contributed by atoms with E-state index in [0.29, 0.717) is 6.42 Å². The minimum atomic E-state index is -0.841. The van der Waals surface area contributed by atoms with Crippen molar-refractivity contribution in [2.75, 3.05) is 0 Å². The molecule has 0 aromatic heterocycles. The third kappa shape index (κ3) is 2.45. The molecule has 0 bridgehead atoms. The Hall–Kier alpha value is -2.13. The normalized spacial score (nSPS) is 11.1. The van der Waals surface area contributed by atoms with Crippen LogP contribution < -0.4 is 5.90 Å². The van der Waals surface area contributed by atoms with E-state index in [1.165, 1.54) is 0 Å². The SMILES string of the molecule is CCCC(C(=O)ON)(c1ccccc1)c1ccccc1. The maximum absolute atomic E-state index is 12.5. The summed E-state index contributed by atoms with van der Waals surface area (Å²) in [7, 11) is 0. The Morgan fingerprint density at radius 1 is 1.00 bits per heavy atom. The molecule has 0 spiro atoms. The fourth-order valence-electron chi connectivity index (χ4n) is 2.71. The Balaban J connectivity index is 2.66. The summed E-state index contributed by atoms with van der Waals surface area (Å²) in [4.78, 5) is 17.1. The van der Waals surface area contributed by atoms with Gasteiger partial charge in [0.2, 0.25) is 0 Å². The molecule has 2 aromatic rings. The lowest BCUT2D eigenvalue weighted by Crippen LogP contribution is -2.40. The molecule has 0 aliphatic rings. The Labute approximate surface area is 119 Å². The first-order chi connectivity index (χ1) is 9.75. The molecule has 0 amide bonds. The van der Waals surface area contributed by atoms with Gasteiger partial charge in [-0.25, -0.2) is 4.79 Å². The largest absolute Gasteiger partial charge is 0.372 e. The highest BCUT2D eigenvalue weighted by Crippen LogP contribution is 2.37. The molecule has 0 aliphatic carbocycles. The second-order valence-corrected chi connectivity index (χ2v) is 4.79. The highest BCUT2D eigenvalue weighted by atomic mass is 16.7. The number of hydrogen-bond donors (Lipinski definition) is 1. The van der Waals surface area contributed by atoms with E-state index in [1.54, 1.807) is 0 Å². The molecule has 0 heterocycles. The van der Waals surface area contributed by atoms with E-state index >= 15 is 0 Å². The minimum Gasteiger partial charge on any atom is -0.372 e. The van der Waals surface area contributed by atoms with Crippen molar-refractivity contribution in [1.82, 2.24) is 0 Å². The zero-order valence-corrected chi connectivity index (χ0v) is 11.6. The summed E-state index contributed by atoms with van der Waals surface area (Å²) in [6.45, 7) is 2.05. The molecule has 20 heavy (non-hydrogen) atoms. The van der Waals surface area contributed by atoms with Crippen LogP contribution in [0.4, 0.5) is 0 Å². The van der Waals surface area contributed by atoms with Crippen molar-refractivity contribution in [3.8, 4) is 0 Å². The summed E-state index contributed by atoms with van der Waals surface area (Å²) in [6.07, 6.45) is 1.50. The Bertz CT molecular complexity index is 512. The van der Waals surface area contributed by atoms with E-state index < -0.39 is 11.4 Å².